The predicted molar refractivity (Wildman–Crippen MR) is 213 cm³/mol. The molecule has 0 aliphatic rings. The van der Waals surface area contributed by atoms with E-state index in [2.05, 4.69) is 47.6 Å². The fourth-order valence-corrected chi connectivity index (χ4v) is 7.03. The number of benzene rings is 1. The molecule has 0 spiro atoms. The summed E-state index contributed by atoms with van der Waals surface area (Å²) in [6.45, 7) is 15.9. The number of rotatable bonds is 36. The first-order valence-corrected chi connectivity index (χ1v) is 21.6. The second-order valence-corrected chi connectivity index (χ2v) is 15.3. The van der Waals surface area contributed by atoms with Crippen LogP contribution in [0.5, 0.6) is 5.75 Å². The lowest BCUT2D eigenvalue weighted by Crippen LogP contribution is -2.20. The Bertz CT molecular complexity index is 855. The van der Waals surface area contributed by atoms with Gasteiger partial charge in [0.05, 0.1) is 18.3 Å². The summed E-state index contributed by atoms with van der Waals surface area (Å²) in [4.78, 5) is 0. The number of phenols is 1. The fraction of sp³-hybridized carbons (Fsp3) is 0.867. The normalized spacial score (nSPS) is 13.6. The molecule has 0 saturated carbocycles. The van der Waals surface area contributed by atoms with Crippen LogP contribution in [0, 0.1) is 0 Å². The van der Waals surface area contributed by atoms with Crippen molar-refractivity contribution in [1.82, 2.24) is 0 Å². The van der Waals surface area contributed by atoms with Gasteiger partial charge in [-0.25, -0.2) is 0 Å². The molecule has 288 valence electrons. The van der Waals surface area contributed by atoms with E-state index in [0.29, 0.717) is 5.75 Å². The highest BCUT2D eigenvalue weighted by atomic mass is 16.5. The molecule has 0 amide bonds. The van der Waals surface area contributed by atoms with Gasteiger partial charge in [-0.05, 0) is 75.6 Å². The predicted octanol–water partition coefficient (Wildman–Crippen LogP) is 13.7. The molecular weight excluding hydrogens is 604 g/mol. The van der Waals surface area contributed by atoms with Crippen molar-refractivity contribution in [2.45, 2.75) is 233 Å². The Morgan fingerprint density at radius 3 is 1.08 bits per heavy atom. The first-order chi connectivity index (χ1) is 23.9. The van der Waals surface area contributed by atoms with Crippen molar-refractivity contribution in [3.8, 4) is 5.75 Å². The lowest BCUT2D eigenvalue weighted by atomic mass is 9.90. The molecule has 4 heteroatoms. The Labute approximate surface area is 306 Å². The van der Waals surface area contributed by atoms with E-state index in [0.717, 1.165) is 63.9 Å². The topological polar surface area (TPSA) is 47.9 Å². The van der Waals surface area contributed by atoms with Gasteiger partial charge >= 0.3 is 0 Å². The molecular formula is C45H84O4. The standard InChI is InChI=1S/C45H84O4/c1-7-10-13-16-19-22-25-28-33-47-39(4)36-42-31-32-45(46)44(38-41(6)49-35-30-27-24-21-18-15-12-9-3)43(42)37-40(5)48-34-29-26-23-20-17-14-11-8-2/h31-32,39-41,46H,7-30,33-38H2,1-6H3. The molecule has 1 rings (SSSR count). The minimum Gasteiger partial charge on any atom is -0.508 e. The van der Waals surface area contributed by atoms with Gasteiger partial charge in [0, 0.05) is 26.2 Å². The van der Waals surface area contributed by atoms with Gasteiger partial charge in [-0.1, -0.05) is 162 Å². The highest BCUT2D eigenvalue weighted by Gasteiger charge is 2.20. The molecule has 0 bridgehead atoms. The second kappa shape index (κ2) is 32.8. The lowest BCUT2D eigenvalue weighted by Gasteiger charge is -2.24. The first-order valence-electron chi connectivity index (χ1n) is 21.6. The van der Waals surface area contributed by atoms with Crippen molar-refractivity contribution < 1.29 is 19.3 Å². The molecule has 0 fully saturated rings. The summed E-state index contributed by atoms with van der Waals surface area (Å²) in [5, 5.41) is 11.2. The molecule has 4 nitrogen and oxygen atoms in total. The molecule has 0 aliphatic heterocycles. The fourth-order valence-electron chi connectivity index (χ4n) is 7.03. The van der Waals surface area contributed by atoms with Crippen LogP contribution in [0.25, 0.3) is 0 Å². The van der Waals surface area contributed by atoms with Crippen molar-refractivity contribution in [3.63, 3.8) is 0 Å². The van der Waals surface area contributed by atoms with E-state index in [-0.39, 0.29) is 18.3 Å². The third-order valence-corrected chi connectivity index (χ3v) is 10.2. The zero-order chi connectivity index (χ0) is 35.8. The van der Waals surface area contributed by atoms with Gasteiger partial charge in [-0.2, -0.15) is 0 Å². The highest BCUT2D eigenvalue weighted by molar-refractivity contribution is 5.45. The molecule has 1 N–H and O–H groups in total. The average Bonchev–Trinajstić information content (AvgIpc) is 3.08. The van der Waals surface area contributed by atoms with Crippen LogP contribution in [0.2, 0.25) is 0 Å². The van der Waals surface area contributed by atoms with Gasteiger partial charge in [0.25, 0.3) is 0 Å². The molecule has 0 aliphatic carbocycles. The first kappa shape index (κ1) is 45.9. The van der Waals surface area contributed by atoms with Crippen LogP contribution in [-0.2, 0) is 33.5 Å². The minimum absolute atomic E-state index is 0.0636. The molecule has 0 heterocycles. The second-order valence-electron chi connectivity index (χ2n) is 15.3. The summed E-state index contributed by atoms with van der Waals surface area (Å²) in [5.74, 6) is 0.393. The van der Waals surface area contributed by atoms with Crippen LogP contribution in [0.15, 0.2) is 12.1 Å². The van der Waals surface area contributed by atoms with Crippen LogP contribution >= 0.6 is 0 Å². The summed E-state index contributed by atoms with van der Waals surface area (Å²) in [7, 11) is 0. The quantitative estimate of drug-likeness (QED) is 0.0713. The van der Waals surface area contributed by atoms with Crippen molar-refractivity contribution in [3.05, 3.63) is 28.8 Å². The van der Waals surface area contributed by atoms with Gasteiger partial charge in [0.1, 0.15) is 5.75 Å². The summed E-state index contributed by atoms with van der Waals surface area (Å²) in [6.07, 6.45) is 34.2. The summed E-state index contributed by atoms with van der Waals surface area (Å²) in [6, 6.07) is 4.03. The molecule has 1 aromatic carbocycles. The third kappa shape index (κ3) is 25.5. The monoisotopic (exact) mass is 689 g/mol. The van der Waals surface area contributed by atoms with Gasteiger partial charge < -0.3 is 19.3 Å². The maximum absolute atomic E-state index is 11.2. The molecule has 3 atom stereocenters. The molecule has 1 aromatic rings. The number of hydrogen-bond donors (Lipinski definition) is 1. The SMILES string of the molecule is CCCCCCCCCCOC(C)Cc1ccc(O)c(CC(C)OCCCCCCCCCC)c1CC(C)OCCCCCCCCCC. The Kier molecular flexibility index (Phi) is 30.7. The average molecular weight is 689 g/mol. The maximum atomic E-state index is 11.2. The molecule has 3 unspecified atom stereocenters. The molecule has 0 saturated heterocycles. The van der Waals surface area contributed by atoms with Gasteiger partial charge in [-0.3, -0.25) is 0 Å². The van der Waals surface area contributed by atoms with Crippen LogP contribution in [-0.4, -0.2) is 43.2 Å². The Hall–Kier alpha value is -1.10. The van der Waals surface area contributed by atoms with Crippen LogP contribution in [0.1, 0.15) is 212 Å². The summed E-state index contributed by atoms with van der Waals surface area (Å²) < 4.78 is 19.0. The lowest BCUT2D eigenvalue weighted by molar-refractivity contribution is 0.0574. The van der Waals surface area contributed by atoms with Gasteiger partial charge in [-0.15, -0.1) is 0 Å². The molecule has 0 radical (unpaired) electrons. The van der Waals surface area contributed by atoms with Crippen molar-refractivity contribution in [2.24, 2.45) is 0 Å². The van der Waals surface area contributed by atoms with Crippen LogP contribution < -0.4 is 0 Å². The third-order valence-electron chi connectivity index (χ3n) is 10.2. The van der Waals surface area contributed by atoms with Gasteiger partial charge in [0.2, 0.25) is 0 Å². The molecule has 0 aromatic heterocycles. The largest absolute Gasteiger partial charge is 0.508 e. The van der Waals surface area contributed by atoms with Crippen molar-refractivity contribution >= 4 is 0 Å². The Balaban J connectivity index is 2.70. The maximum Gasteiger partial charge on any atom is 0.119 e. The van der Waals surface area contributed by atoms with Gasteiger partial charge in [0.15, 0.2) is 0 Å². The van der Waals surface area contributed by atoms with Crippen LogP contribution in [0.3, 0.4) is 0 Å². The number of hydrogen-bond acceptors (Lipinski definition) is 4. The van der Waals surface area contributed by atoms with E-state index >= 15 is 0 Å². The molecule has 49 heavy (non-hydrogen) atoms. The number of aromatic hydroxyl groups is 1. The number of unbranched alkanes of at least 4 members (excludes halogenated alkanes) is 21. The van der Waals surface area contributed by atoms with Crippen molar-refractivity contribution in [2.75, 3.05) is 19.8 Å². The number of phenolic OH excluding ortho intramolecular Hbond substituents is 1. The van der Waals surface area contributed by atoms with E-state index < -0.39 is 0 Å². The van der Waals surface area contributed by atoms with E-state index in [9.17, 15) is 5.11 Å². The van der Waals surface area contributed by atoms with E-state index in [1.165, 1.54) is 146 Å². The Morgan fingerprint density at radius 1 is 0.408 bits per heavy atom. The summed E-state index contributed by atoms with van der Waals surface area (Å²) >= 11 is 0. The van der Waals surface area contributed by atoms with E-state index in [1.807, 2.05) is 6.07 Å². The van der Waals surface area contributed by atoms with Crippen LogP contribution in [0.4, 0.5) is 0 Å². The van der Waals surface area contributed by atoms with E-state index in [1.54, 1.807) is 0 Å². The zero-order valence-electron chi connectivity index (χ0n) is 33.8. The summed E-state index contributed by atoms with van der Waals surface area (Å²) in [5.41, 5.74) is 3.57. The van der Waals surface area contributed by atoms with Crippen molar-refractivity contribution in [1.29, 1.82) is 0 Å². The zero-order valence-corrected chi connectivity index (χ0v) is 33.8. The minimum atomic E-state index is 0.0636. The Morgan fingerprint density at radius 2 is 0.714 bits per heavy atom. The smallest absolute Gasteiger partial charge is 0.119 e. The number of ether oxygens (including phenoxy) is 3. The highest BCUT2D eigenvalue weighted by Crippen LogP contribution is 2.30. The van der Waals surface area contributed by atoms with E-state index in [4.69, 9.17) is 14.2 Å².